The number of benzene rings is 1. The molecule has 0 saturated heterocycles. The van der Waals surface area contributed by atoms with Crippen LogP contribution in [0.4, 0.5) is 5.69 Å². The average molecular weight is 256 g/mol. The third kappa shape index (κ3) is 2.68. The summed E-state index contributed by atoms with van der Waals surface area (Å²) in [5, 5.41) is 9.51. The lowest BCUT2D eigenvalue weighted by atomic mass is 10.2. The van der Waals surface area contributed by atoms with E-state index in [9.17, 15) is 4.79 Å². The Morgan fingerprint density at radius 3 is 2.95 bits per heavy atom. The van der Waals surface area contributed by atoms with Crippen molar-refractivity contribution in [1.29, 1.82) is 5.26 Å². The fourth-order valence-electron chi connectivity index (χ4n) is 2.02. The minimum Gasteiger partial charge on any atom is -0.399 e. The van der Waals surface area contributed by atoms with Gasteiger partial charge in [0.25, 0.3) is 5.91 Å². The highest BCUT2D eigenvalue weighted by Gasteiger charge is 2.16. The van der Waals surface area contributed by atoms with Crippen molar-refractivity contribution in [1.82, 2.24) is 9.88 Å². The zero-order valence-corrected chi connectivity index (χ0v) is 10.8. The van der Waals surface area contributed by atoms with Crippen LogP contribution in [-0.2, 0) is 0 Å². The van der Waals surface area contributed by atoms with Crippen molar-refractivity contribution in [3.05, 3.63) is 30.0 Å². The maximum atomic E-state index is 12.3. The van der Waals surface area contributed by atoms with E-state index in [1.807, 2.05) is 19.1 Å². The van der Waals surface area contributed by atoms with E-state index in [1.54, 1.807) is 17.0 Å². The van der Waals surface area contributed by atoms with Crippen molar-refractivity contribution < 1.29 is 4.79 Å². The molecule has 0 aliphatic rings. The number of aromatic nitrogens is 1. The van der Waals surface area contributed by atoms with Crippen molar-refractivity contribution in [2.24, 2.45) is 0 Å². The van der Waals surface area contributed by atoms with Crippen LogP contribution in [0.25, 0.3) is 10.9 Å². The lowest BCUT2D eigenvalue weighted by Gasteiger charge is -2.18. The molecule has 0 saturated carbocycles. The number of anilines is 1. The number of hydrogen-bond acceptors (Lipinski definition) is 3. The lowest BCUT2D eigenvalue weighted by molar-refractivity contribution is 0.0763. The van der Waals surface area contributed by atoms with E-state index in [2.05, 4.69) is 11.1 Å². The van der Waals surface area contributed by atoms with Crippen LogP contribution in [0.5, 0.6) is 0 Å². The monoisotopic (exact) mass is 256 g/mol. The number of nitriles is 1. The second-order valence-electron chi connectivity index (χ2n) is 4.32. The molecule has 0 fully saturated rings. The largest absolute Gasteiger partial charge is 0.399 e. The number of H-pyrrole nitrogens is 1. The Bertz CT molecular complexity index is 638. The molecule has 0 aliphatic heterocycles. The molecule has 5 nitrogen and oxygen atoms in total. The summed E-state index contributed by atoms with van der Waals surface area (Å²) in [4.78, 5) is 17.0. The number of hydrogen-bond donors (Lipinski definition) is 2. The zero-order chi connectivity index (χ0) is 13.8. The highest BCUT2D eigenvalue weighted by molar-refractivity contribution is 5.98. The minimum absolute atomic E-state index is 0.0903. The van der Waals surface area contributed by atoms with Gasteiger partial charge in [0.1, 0.15) is 5.69 Å². The zero-order valence-electron chi connectivity index (χ0n) is 10.8. The summed E-state index contributed by atoms with van der Waals surface area (Å²) in [6, 6.07) is 9.32. The molecular formula is C14H16N4O. The first-order chi connectivity index (χ1) is 9.15. The number of carbonyl (C=O) groups is 1. The van der Waals surface area contributed by atoms with E-state index in [0.29, 0.717) is 30.9 Å². The normalized spacial score (nSPS) is 10.3. The summed E-state index contributed by atoms with van der Waals surface area (Å²) in [7, 11) is 0. The van der Waals surface area contributed by atoms with Gasteiger partial charge in [0.15, 0.2) is 0 Å². The Balaban J connectivity index is 2.27. The van der Waals surface area contributed by atoms with E-state index in [-0.39, 0.29) is 5.91 Å². The van der Waals surface area contributed by atoms with E-state index in [1.165, 1.54) is 0 Å². The molecule has 1 heterocycles. The maximum absolute atomic E-state index is 12.3. The summed E-state index contributed by atoms with van der Waals surface area (Å²) in [6.07, 6.45) is 0.340. The van der Waals surface area contributed by atoms with E-state index < -0.39 is 0 Å². The molecule has 2 rings (SSSR count). The number of nitrogens with two attached hydrogens (primary N) is 1. The van der Waals surface area contributed by atoms with Crippen molar-refractivity contribution >= 4 is 22.5 Å². The Morgan fingerprint density at radius 1 is 1.47 bits per heavy atom. The topological polar surface area (TPSA) is 85.9 Å². The maximum Gasteiger partial charge on any atom is 0.270 e. The van der Waals surface area contributed by atoms with Crippen molar-refractivity contribution in [3.8, 4) is 6.07 Å². The second kappa shape index (κ2) is 5.44. The fraction of sp³-hybridized carbons (Fsp3) is 0.286. The summed E-state index contributed by atoms with van der Waals surface area (Å²) < 4.78 is 0. The van der Waals surface area contributed by atoms with Crippen LogP contribution in [0.1, 0.15) is 23.8 Å². The molecule has 98 valence electrons. The number of nitrogen functional groups attached to an aromatic ring is 1. The predicted octanol–water partition coefficient (Wildman–Crippen LogP) is 2.13. The molecule has 1 aromatic heterocycles. The molecule has 1 amide bonds. The van der Waals surface area contributed by atoms with E-state index >= 15 is 0 Å². The molecule has 19 heavy (non-hydrogen) atoms. The molecule has 0 atom stereocenters. The molecule has 1 aromatic carbocycles. The molecule has 0 radical (unpaired) electrons. The number of nitrogens with zero attached hydrogens (tertiary/aromatic N) is 2. The van der Waals surface area contributed by atoms with Gasteiger partial charge < -0.3 is 15.6 Å². The SMILES string of the molecule is CCN(CCC#N)C(=O)c1cc2cc(N)ccc2[nH]1. The Labute approximate surface area is 111 Å². The van der Waals surface area contributed by atoms with E-state index in [4.69, 9.17) is 11.0 Å². The molecule has 3 N–H and O–H groups in total. The third-order valence-electron chi connectivity index (χ3n) is 3.04. The highest BCUT2D eigenvalue weighted by atomic mass is 16.2. The summed E-state index contributed by atoms with van der Waals surface area (Å²) >= 11 is 0. The molecule has 0 bridgehead atoms. The molecule has 0 unspecified atom stereocenters. The fourth-order valence-corrected chi connectivity index (χ4v) is 2.02. The smallest absolute Gasteiger partial charge is 0.270 e. The van der Waals surface area contributed by atoms with Gasteiger partial charge in [-0.1, -0.05) is 0 Å². The first-order valence-electron chi connectivity index (χ1n) is 6.20. The lowest BCUT2D eigenvalue weighted by Crippen LogP contribution is -2.31. The Kier molecular flexibility index (Phi) is 3.71. The molecule has 2 aromatic rings. The van der Waals surface area contributed by atoms with Crippen LogP contribution in [-0.4, -0.2) is 28.9 Å². The van der Waals surface area contributed by atoms with Gasteiger partial charge in [-0.15, -0.1) is 0 Å². The first kappa shape index (κ1) is 13.0. The number of amides is 1. The number of aromatic amines is 1. The van der Waals surface area contributed by atoms with Crippen LogP contribution in [0, 0.1) is 11.3 Å². The van der Waals surface area contributed by atoms with Crippen LogP contribution in [0.2, 0.25) is 0 Å². The molecule has 0 spiro atoms. The molecule has 5 heteroatoms. The summed E-state index contributed by atoms with van der Waals surface area (Å²) in [5.41, 5.74) is 7.80. The number of carbonyl (C=O) groups excluding carboxylic acids is 1. The Hall–Kier alpha value is -2.48. The number of nitrogens with one attached hydrogen (secondary N) is 1. The van der Waals surface area contributed by atoms with Crippen LogP contribution in [0.3, 0.4) is 0 Å². The summed E-state index contributed by atoms with van der Waals surface area (Å²) in [6.45, 7) is 2.93. The standard InChI is InChI=1S/C14H16N4O/c1-2-18(7-3-6-15)14(19)13-9-10-8-11(16)4-5-12(10)17-13/h4-5,8-9,17H,2-3,7,16H2,1H3. The quantitative estimate of drug-likeness (QED) is 0.821. The number of rotatable bonds is 4. The van der Waals surface area contributed by atoms with Crippen molar-refractivity contribution in [3.63, 3.8) is 0 Å². The van der Waals surface area contributed by atoms with Gasteiger partial charge in [-0.05, 0) is 31.2 Å². The van der Waals surface area contributed by atoms with Crippen LogP contribution in [0.15, 0.2) is 24.3 Å². The molecular weight excluding hydrogens is 240 g/mol. The highest BCUT2D eigenvalue weighted by Crippen LogP contribution is 2.19. The second-order valence-corrected chi connectivity index (χ2v) is 4.32. The van der Waals surface area contributed by atoms with Gasteiger partial charge in [0.2, 0.25) is 0 Å². The van der Waals surface area contributed by atoms with Gasteiger partial charge in [-0.2, -0.15) is 5.26 Å². The average Bonchev–Trinajstić information content (AvgIpc) is 2.82. The van der Waals surface area contributed by atoms with Crippen LogP contribution < -0.4 is 5.73 Å². The number of fused-ring (bicyclic) bond motifs is 1. The van der Waals surface area contributed by atoms with Crippen molar-refractivity contribution in [2.45, 2.75) is 13.3 Å². The first-order valence-corrected chi connectivity index (χ1v) is 6.20. The van der Waals surface area contributed by atoms with Gasteiger partial charge in [-0.3, -0.25) is 4.79 Å². The summed E-state index contributed by atoms with van der Waals surface area (Å²) in [5.74, 6) is -0.0903. The molecule has 0 aliphatic carbocycles. The van der Waals surface area contributed by atoms with Gasteiger partial charge >= 0.3 is 0 Å². The van der Waals surface area contributed by atoms with Gasteiger partial charge in [0, 0.05) is 29.7 Å². The third-order valence-corrected chi connectivity index (χ3v) is 3.04. The van der Waals surface area contributed by atoms with Crippen LogP contribution >= 0.6 is 0 Å². The van der Waals surface area contributed by atoms with E-state index in [0.717, 1.165) is 10.9 Å². The Morgan fingerprint density at radius 2 is 2.26 bits per heavy atom. The minimum atomic E-state index is -0.0903. The predicted molar refractivity (Wildman–Crippen MR) is 74.5 cm³/mol. The van der Waals surface area contributed by atoms with Gasteiger partial charge in [0.05, 0.1) is 12.5 Å². The van der Waals surface area contributed by atoms with Gasteiger partial charge in [-0.25, -0.2) is 0 Å². The van der Waals surface area contributed by atoms with Crippen molar-refractivity contribution in [2.75, 3.05) is 18.8 Å².